The Hall–Kier alpha value is -8.98. The number of para-hydroxylation sites is 3. The van der Waals surface area contributed by atoms with Crippen molar-refractivity contribution in [1.29, 1.82) is 0 Å². The predicted molar refractivity (Wildman–Crippen MR) is 322 cm³/mol. The summed E-state index contributed by atoms with van der Waals surface area (Å²) in [6.07, 6.45) is 15.5. The topological polar surface area (TPSA) is 8.17 Å². The molecule has 0 fully saturated rings. The zero-order valence-electron chi connectivity index (χ0n) is 43.2. The summed E-state index contributed by atoms with van der Waals surface area (Å²) in [5.41, 5.74) is 22.8. The van der Waals surface area contributed by atoms with Crippen molar-refractivity contribution < 1.29 is 0 Å². The van der Waals surface area contributed by atoms with Gasteiger partial charge < -0.3 is 9.47 Å². The second-order valence-corrected chi connectivity index (χ2v) is 21.6. The van der Waals surface area contributed by atoms with Crippen molar-refractivity contribution >= 4 is 44.0 Å². The summed E-state index contributed by atoms with van der Waals surface area (Å²) in [5.74, 6) is 0.483. The van der Waals surface area contributed by atoms with E-state index >= 15 is 0 Å². The van der Waals surface area contributed by atoms with Crippen LogP contribution >= 0.6 is 0 Å². The van der Waals surface area contributed by atoms with Gasteiger partial charge in [-0.1, -0.05) is 233 Å². The molecule has 0 saturated heterocycles. The number of nitrogens with zero attached hydrogens (tertiary/aromatic N) is 2. The summed E-state index contributed by atoms with van der Waals surface area (Å²) in [7, 11) is 0. The molecular weight excluding hydrogens is 917 g/mol. The highest BCUT2D eigenvalue weighted by Gasteiger charge is 2.37. The number of hydrogen-bond acceptors (Lipinski definition) is 1. The molecule has 0 radical (unpaired) electrons. The lowest BCUT2D eigenvalue weighted by Gasteiger charge is -2.37. The zero-order valence-corrected chi connectivity index (χ0v) is 43.2. The van der Waals surface area contributed by atoms with E-state index in [9.17, 15) is 0 Å². The molecule has 76 heavy (non-hydrogen) atoms. The van der Waals surface area contributed by atoms with Gasteiger partial charge in [0.1, 0.15) is 0 Å². The maximum absolute atomic E-state index is 2.55. The normalized spacial score (nSPS) is 17.4. The molecular formula is C74H58N2. The predicted octanol–water partition coefficient (Wildman–Crippen LogP) is 19.6. The summed E-state index contributed by atoms with van der Waals surface area (Å²) >= 11 is 0. The van der Waals surface area contributed by atoms with Crippen LogP contribution in [0, 0.1) is 5.92 Å². The molecule has 11 aromatic rings. The highest BCUT2D eigenvalue weighted by molar-refractivity contribution is 6.09. The molecule has 364 valence electrons. The van der Waals surface area contributed by atoms with E-state index in [1.807, 2.05) is 0 Å². The number of hydrogen-bond donors (Lipinski definition) is 0. The number of rotatable bonds is 9. The van der Waals surface area contributed by atoms with E-state index in [0.29, 0.717) is 0 Å². The first-order valence-corrected chi connectivity index (χ1v) is 27.0. The van der Waals surface area contributed by atoms with Gasteiger partial charge in [-0.15, -0.1) is 0 Å². The van der Waals surface area contributed by atoms with E-state index in [0.717, 1.165) is 6.42 Å². The Balaban J connectivity index is 0.777. The number of allylic oxidation sites excluding steroid dienone is 6. The Labute approximate surface area is 446 Å². The quantitative estimate of drug-likeness (QED) is 0.140. The molecule has 2 nitrogen and oxygen atoms in total. The Morgan fingerprint density at radius 1 is 0.461 bits per heavy atom. The zero-order chi connectivity index (χ0) is 50.9. The van der Waals surface area contributed by atoms with Gasteiger partial charge >= 0.3 is 0 Å². The molecule has 0 spiro atoms. The van der Waals surface area contributed by atoms with Crippen LogP contribution in [0.2, 0.25) is 0 Å². The van der Waals surface area contributed by atoms with Gasteiger partial charge in [0.2, 0.25) is 0 Å². The molecule has 0 saturated carbocycles. The fraction of sp³-hybridized carbons (Fsp3) is 0.108. The largest absolute Gasteiger partial charge is 0.334 e. The number of fused-ring (bicyclic) bond motifs is 7. The van der Waals surface area contributed by atoms with Crippen molar-refractivity contribution in [3.63, 3.8) is 0 Å². The first-order chi connectivity index (χ1) is 37.4. The van der Waals surface area contributed by atoms with Gasteiger partial charge in [-0.25, -0.2) is 0 Å². The van der Waals surface area contributed by atoms with Crippen molar-refractivity contribution in [3.05, 3.63) is 295 Å². The van der Waals surface area contributed by atoms with Crippen molar-refractivity contribution in [1.82, 2.24) is 4.57 Å². The fourth-order valence-corrected chi connectivity index (χ4v) is 13.0. The lowest BCUT2D eigenvalue weighted by molar-refractivity contribution is 0.606. The Bertz CT molecular complexity index is 4140. The summed E-state index contributed by atoms with van der Waals surface area (Å²) in [6, 6.07) is 85.4. The van der Waals surface area contributed by atoms with Gasteiger partial charge in [0.25, 0.3) is 0 Å². The highest BCUT2D eigenvalue weighted by atomic mass is 15.2. The van der Waals surface area contributed by atoms with Gasteiger partial charge in [-0.2, -0.15) is 0 Å². The van der Waals surface area contributed by atoms with E-state index in [1.165, 1.54) is 122 Å². The van der Waals surface area contributed by atoms with Crippen LogP contribution in [0.25, 0.3) is 82.8 Å². The first-order valence-electron chi connectivity index (χ1n) is 27.0. The third-order valence-corrected chi connectivity index (χ3v) is 16.8. The average Bonchev–Trinajstić information content (AvgIpc) is 4.08. The lowest BCUT2D eigenvalue weighted by atomic mass is 9.79. The Morgan fingerprint density at radius 2 is 1.04 bits per heavy atom. The van der Waals surface area contributed by atoms with Crippen molar-refractivity contribution in [2.24, 2.45) is 5.92 Å². The molecule has 10 aromatic carbocycles. The molecule has 1 heterocycles. The number of benzene rings is 10. The van der Waals surface area contributed by atoms with E-state index in [4.69, 9.17) is 0 Å². The van der Waals surface area contributed by atoms with Crippen LogP contribution in [-0.4, -0.2) is 10.6 Å². The van der Waals surface area contributed by atoms with Crippen molar-refractivity contribution in [3.8, 4) is 50.2 Å². The second kappa shape index (κ2) is 18.4. The van der Waals surface area contributed by atoms with Gasteiger partial charge in [0.05, 0.1) is 17.1 Å². The third-order valence-electron chi connectivity index (χ3n) is 16.8. The van der Waals surface area contributed by atoms with Crippen LogP contribution in [0.1, 0.15) is 49.8 Å². The molecule has 3 atom stereocenters. The van der Waals surface area contributed by atoms with E-state index in [-0.39, 0.29) is 23.3 Å². The molecule has 2 heteroatoms. The summed E-state index contributed by atoms with van der Waals surface area (Å²) in [5, 5.41) is 5.09. The number of anilines is 2. The van der Waals surface area contributed by atoms with Crippen molar-refractivity contribution in [2.75, 3.05) is 4.90 Å². The van der Waals surface area contributed by atoms with Gasteiger partial charge in [-0.05, 0) is 150 Å². The van der Waals surface area contributed by atoms with Crippen LogP contribution in [0.5, 0.6) is 0 Å². The maximum Gasteiger partial charge on any atom is 0.0585 e. The lowest BCUT2D eigenvalue weighted by Crippen LogP contribution is -2.35. The molecule has 0 N–H and O–H groups in total. The summed E-state index contributed by atoms with van der Waals surface area (Å²) in [4.78, 5) is 2.55. The number of aromatic nitrogens is 1. The van der Waals surface area contributed by atoms with Crippen LogP contribution in [0.15, 0.2) is 278 Å². The maximum atomic E-state index is 2.55. The van der Waals surface area contributed by atoms with Gasteiger partial charge in [0, 0.05) is 39.2 Å². The van der Waals surface area contributed by atoms with Crippen LogP contribution < -0.4 is 4.90 Å². The van der Waals surface area contributed by atoms with E-state index in [1.54, 1.807) is 0 Å². The minimum Gasteiger partial charge on any atom is -0.334 e. The van der Waals surface area contributed by atoms with E-state index < -0.39 is 0 Å². The Morgan fingerprint density at radius 3 is 1.78 bits per heavy atom. The van der Waals surface area contributed by atoms with Crippen LogP contribution in [0.3, 0.4) is 0 Å². The van der Waals surface area contributed by atoms with Crippen LogP contribution in [-0.2, 0) is 5.41 Å². The molecule has 0 aliphatic heterocycles. The molecule has 3 unspecified atom stereocenters. The minimum absolute atomic E-state index is 0.0881. The average molecular weight is 975 g/mol. The molecule has 1 aromatic heterocycles. The Kier molecular flexibility index (Phi) is 11.1. The molecule has 3 aliphatic rings. The van der Waals surface area contributed by atoms with Gasteiger partial charge in [0.15, 0.2) is 0 Å². The SMILES string of the molecule is CC1C=C(C2=CCC(c3ccccc3-n3c4ccccc4c4ccccc43)C=C2)C=CC1N(c1ccc(-c2cccc(-c3ccc4ccccc4c3)c2)cc1)c1ccc(-c2cccc3c2C(C)(C)c2ccccc2-3)cc1. The van der Waals surface area contributed by atoms with E-state index in [2.05, 4.69) is 297 Å². The molecule has 0 bridgehead atoms. The second-order valence-electron chi connectivity index (χ2n) is 21.6. The first kappa shape index (κ1) is 45.6. The minimum atomic E-state index is -0.0991. The molecule has 0 amide bonds. The summed E-state index contributed by atoms with van der Waals surface area (Å²) < 4.78 is 2.46. The fourth-order valence-electron chi connectivity index (χ4n) is 13.0. The van der Waals surface area contributed by atoms with Crippen LogP contribution in [0.4, 0.5) is 11.4 Å². The monoisotopic (exact) mass is 974 g/mol. The smallest absolute Gasteiger partial charge is 0.0585 e. The molecule has 3 aliphatic carbocycles. The standard InChI is InChI=1S/C74H58N2/c1-49-46-58(51-30-33-53(34-31-51)62-20-7-11-27-70(62)76-71-28-12-8-22-65(71)66-23-9-13-29-72(66)76)40-45-69(49)75(61-43-38-54(39-44-61)63-24-15-25-67-64-21-6-10-26-68(64)74(2,3)73(63)67)60-41-36-52(37-42-60)56-18-14-19-57(47-56)59-35-32-50-16-4-5-17-55(50)48-59/h4-33,35-49,53,69H,34H2,1-3H3. The van der Waals surface area contributed by atoms with Crippen molar-refractivity contribution in [2.45, 2.75) is 44.6 Å². The highest BCUT2D eigenvalue weighted by Crippen LogP contribution is 2.52. The molecule has 14 rings (SSSR count). The third kappa shape index (κ3) is 7.70. The van der Waals surface area contributed by atoms with Gasteiger partial charge in [-0.3, -0.25) is 0 Å². The summed E-state index contributed by atoms with van der Waals surface area (Å²) in [6.45, 7) is 7.14.